The van der Waals surface area contributed by atoms with E-state index in [2.05, 4.69) is 20.3 Å². The number of hydrogen-bond donors (Lipinski definition) is 1. The monoisotopic (exact) mass is 374 g/mol. The van der Waals surface area contributed by atoms with Crippen molar-refractivity contribution in [2.75, 3.05) is 11.1 Å². The Labute approximate surface area is 144 Å². The van der Waals surface area contributed by atoms with Crippen LogP contribution in [0.1, 0.15) is 29.8 Å². The van der Waals surface area contributed by atoms with E-state index >= 15 is 0 Å². The molecule has 10 heteroatoms. The normalized spacial score (nSPS) is 14.3. The number of amides is 1. The number of thioether (sulfide) groups is 1. The molecular weight excluding hydrogens is 361 g/mol. The Morgan fingerprint density at radius 1 is 1.29 bits per heavy atom. The fraction of sp³-hybridized carbons (Fsp3) is 0.429. The maximum atomic E-state index is 13.2. The van der Waals surface area contributed by atoms with E-state index in [0.29, 0.717) is 30.1 Å². The molecule has 0 spiro atoms. The predicted molar refractivity (Wildman–Crippen MR) is 85.1 cm³/mol. The molecule has 1 aliphatic carbocycles. The van der Waals surface area contributed by atoms with Crippen molar-refractivity contribution in [2.45, 2.75) is 37.0 Å². The smallest absolute Gasteiger partial charge is 0.301 e. The summed E-state index contributed by atoms with van der Waals surface area (Å²) in [4.78, 5) is 23.6. The molecule has 0 saturated carbocycles. The van der Waals surface area contributed by atoms with Gasteiger partial charge in [-0.2, -0.15) is 13.2 Å². The fourth-order valence-electron chi connectivity index (χ4n) is 2.44. The number of thiazole rings is 1. The summed E-state index contributed by atoms with van der Waals surface area (Å²) in [6, 6.07) is 0. The lowest BCUT2D eigenvalue weighted by Gasteiger charge is -2.20. The van der Waals surface area contributed by atoms with Crippen molar-refractivity contribution >= 4 is 34.1 Å². The molecule has 3 rings (SSSR count). The van der Waals surface area contributed by atoms with E-state index < -0.39 is 11.9 Å². The average molecular weight is 374 g/mol. The van der Waals surface area contributed by atoms with E-state index in [0.717, 1.165) is 18.2 Å². The van der Waals surface area contributed by atoms with Gasteiger partial charge in [0.05, 0.1) is 5.75 Å². The van der Waals surface area contributed by atoms with E-state index in [1.54, 1.807) is 11.6 Å². The van der Waals surface area contributed by atoms with Crippen molar-refractivity contribution in [1.29, 1.82) is 0 Å². The molecule has 128 valence electrons. The molecule has 0 unspecified atom stereocenters. The highest BCUT2D eigenvalue weighted by Gasteiger charge is 2.38. The number of hydrogen-bond acceptors (Lipinski definition) is 6. The second-order valence-electron chi connectivity index (χ2n) is 5.16. The lowest BCUT2D eigenvalue weighted by molar-refractivity contribution is -0.142. The first-order valence-electron chi connectivity index (χ1n) is 7.22. The molecule has 1 amide bonds. The molecule has 0 fully saturated rings. The third kappa shape index (κ3) is 4.04. The van der Waals surface area contributed by atoms with Crippen molar-refractivity contribution in [3.8, 4) is 0 Å². The quantitative estimate of drug-likeness (QED) is 0.655. The zero-order valence-electron chi connectivity index (χ0n) is 12.4. The zero-order chi connectivity index (χ0) is 17.2. The number of fused-ring (bicyclic) bond motifs is 1. The number of carbonyl (C=O) groups excluding carboxylic acids is 1. The molecule has 0 aliphatic heterocycles. The first kappa shape index (κ1) is 17.2. The Bertz CT molecular complexity index is 734. The SMILES string of the molecule is O=C(CSc1nc2c(c(C(F)(F)F)n1)CCCC2)Nc1nccs1. The summed E-state index contributed by atoms with van der Waals surface area (Å²) in [5.74, 6) is -0.430. The maximum Gasteiger partial charge on any atom is 0.433 e. The standard InChI is InChI=1S/C14H13F3N4OS2/c15-14(16,17)11-8-3-1-2-4-9(8)19-13(21-11)24-7-10(22)20-12-18-5-6-23-12/h5-6H,1-4,7H2,(H,18,20,22). The Balaban J connectivity index is 1.74. The van der Waals surface area contributed by atoms with Crippen LogP contribution in [0, 0.1) is 0 Å². The van der Waals surface area contributed by atoms with Gasteiger partial charge in [-0.1, -0.05) is 11.8 Å². The third-order valence-corrected chi connectivity index (χ3v) is 4.98. The van der Waals surface area contributed by atoms with Gasteiger partial charge in [-0.05, 0) is 25.7 Å². The van der Waals surface area contributed by atoms with Crippen LogP contribution in [-0.2, 0) is 23.8 Å². The summed E-state index contributed by atoms with van der Waals surface area (Å²) in [7, 11) is 0. The molecule has 0 atom stereocenters. The molecule has 2 aromatic heterocycles. The largest absolute Gasteiger partial charge is 0.433 e. The van der Waals surface area contributed by atoms with E-state index in [1.165, 1.54) is 11.3 Å². The van der Waals surface area contributed by atoms with Gasteiger partial charge in [0.15, 0.2) is 16.0 Å². The Morgan fingerprint density at radius 2 is 2.08 bits per heavy atom. The number of carbonyl (C=O) groups is 1. The number of nitrogens with zero attached hydrogens (tertiary/aromatic N) is 3. The van der Waals surface area contributed by atoms with Crippen molar-refractivity contribution in [2.24, 2.45) is 0 Å². The summed E-state index contributed by atoms with van der Waals surface area (Å²) in [5, 5.41) is 4.71. The highest BCUT2D eigenvalue weighted by atomic mass is 32.2. The fourth-order valence-corrected chi connectivity index (χ4v) is 3.65. The van der Waals surface area contributed by atoms with Crippen LogP contribution in [0.2, 0.25) is 0 Å². The molecule has 0 saturated heterocycles. The van der Waals surface area contributed by atoms with Crippen LogP contribution in [0.5, 0.6) is 0 Å². The van der Waals surface area contributed by atoms with Crippen molar-refractivity contribution in [1.82, 2.24) is 15.0 Å². The molecule has 2 aromatic rings. The summed E-state index contributed by atoms with van der Waals surface area (Å²) < 4.78 is 39.7. The number of aryl methyl sites for hydroxylation is 1. The Morgan fingerprint density at radius 3 is 2.79 bits per heavy atom. The lowest BCUT2D eigenvalue weighted by atomic mass is 9.94. The minimum Gasteiger partial charge on any atom is -0.301 e. The predicted octanol–water partition coefficient (Wildman–Crippen LogP) is 3.56. The van der Waals surface area contributed by atoms with Crippen LogP contribution in [0.4, 0.5) is 18.3 Å². The van der Waals surface area contributed by atoms with Gasteiger partial charge in [0, 0.05) is 22.8 Å². The van der Waals surface area contributed by atoms with Gasteiger partial charge in [-0.15, -0.1) is 11.3 Å². The zero-order valence-corrected chi connectivity index (χ0v) is 14.0. The summed E-state index contributed by atoms with van der Waals surface area (Å²) in [5.41, 5.74) is -0.216. The number of nitrogens with one attached hydrogen (secondary N) is 1. The van der Waals surface area contributed by atoms with E-state index in [1.807, 2.05) is 0 Å². The van der Waals surface area contributed by atoms with Gasteiger partial charge in [0.25, 0.3) is 0 Å². The van der Waals surface area contributed by atoms with Gasteiger partial charge in [0.1, 0.15) is 0 Å². The van der Waals surface area contributed by atoms with Crippen molar-refractivity contribution < 1.29 is 18.0 Å². The minimum atomic E-state index is -4.51. The third-order valence-electron chi connectivity index (χ3n) is 3.44. The second kappa shape index (κ2) is 7.06. The number of aromatic nitrogens is 3. The molecule has 1 N–H and O–H groups in total. The molecule has 0 aromatic carbocycles. The molecule has 0 radical (unpaired) electrons. The topological polar surface area (TPSA) is 67.8 Å². The molecule has 24 heavy (non-hydrogen) atoms. The first-order chi connectivity index (χ1) is 11.4. The molecule has 2 heterocycles. The van der Waals surface area contributed by atoms with Gasteiger partial charge < -0.3 is 5.32 Å². The molecule has 1 aliphatic rings. The summed E-state index contributed by atoms with van der Waals surface area (Å²) in [6.07, 6.45) is -0.573. The summed E-state index contributed by atoms with van der Waals surface area (Å²) >= 11 is 2.16. The first-order valence-corrected chi connectivity index (χ1v) is 9.09. The molecule has 0 bridgehead atoms. The van der Waals surface area contributed by atoms with Crippen molar-refractivity contribution in [3.63, 3.8) is 0 Å². The van der Waals surface area contributed by atoms with Gasteiger partial charge in [-0.3, -0.25) is 4.79 Å². The summed E-state index contributed by atoms with van der Waals surface area (Å²) in [6.45, 7) is 0. The second-order valence-corrected chi connectivity index (χ2v) is 7.00. The number of alkyl halides is 3. The Hall–Kier alpha value is -1.68. The number of rotatable bonds is 4. The van der Waals surface area contributed by atoms with Crippen LogP contribution in [-0.4, -0.2) is 26.6 Å². The lowest BCUT2D eigenvalue weighted by Crippen LogP contribution is -2.19. The van der Waals surface area contributed by atoms with E-state index in [9.17, 15) is 18.0 Å². The van der Waals surface area contributed by atoms with Crippen LogP contribution in [0.15, 0.2) is 16.7 Å². The van der Waals surface area contributed by atoms with Crippen LogP contribution in [0.25, 0.3) is 0 Å². The highest BCUT2D eigenvalue weighted by Crippen LogP contribution is 2.35. The van der Waals surface area contributed by atoms with Crippen LogP contribution < -0.4 is 5.32 Å². The van der Waals surface area contributed by atoms with Crippen molar-refractivity contribution in [3.05, 3.63) is 28.5 Å². The van der Waals surface area contributed by atoms with Crippen LogP contribution >= 0.6 is 23.1 Å². The molecule has 5 nitrogen and oxygen atoms in total. The van der Waals surface area contributed by atoms with Gasteiger partial charge >= 0.3 is 6.18 Å². The van der Waals surface area contributed by atoms with E-state index in [4.69, 9.17) is 0 Å². The maximum absolute atomic E-state index is 13.2. The Kier molecular flexibility index (Phi) is 5.04. The van der Waals surface area contributed by atoms with Gasteiger partial charge in [0.2, 0.25) is 5.91 Å². The van der Waals surface area contributed by atoms with Gasteiger partial charge in [-0.25, -0.2) is 15.0 Å². The van der Waals surface area contributed by atoms with E-state index in [-0.39, 0.29) is 22.4 Å². The number of halogens is 3. The number of anilines is 1. The molecular formula is C14H13F3N4OS2. The highest BCUT2D eigenvalue weighted by molar-refractivity contribution is 7.99. The minimum absolute atomic E-state index is 0.0164. The average Bonchev–Trinajstić information content (AvgIpc) is 3.04. The van der Waals surface area contributed by atoms with Crippen LogP contribution in [0.3, 0.4) is 0 Å².